The topological polar surface area (TPSA) is 23.8 Å². The average Bonchev–Trinajstić information content (AvgIpc) is 2.34. The van der Waals surface area contributed by atoms with Gasteiger partial charge in [0.1, 0.15) is 6.17 Å². The van der Waals surface area contributed by atoms with Crippen LogP contribution in [0.1, 0.15) is 56.3 Å². The van der Waals surface area contributed by atoms with E-state index in [1.54, 1.807) is 24.3 Å². The molecule has 0 spiro atoms. The molecule has 2 heteroatoms. The van der Waals surface area contributed by atoms with Crippen molar-refractivity contribution in [3.05, 3.63) is 35.4 Å². The van der Waals surface area contributed by atoms with E-state index in [2.05, 4.69) is 6.92 Å². The second kappa shape index (κ2) is 7.00. The van der Waals surface area contributed by atoms with Crippen LogP contribution in [0, 0.1) is 11.3 Å². The third-order valence-electron chi connectivity index (χ3n) is 2.71. The summed E-state index contributed by atoms with van der Waals surface area (Å²) in [7, 11) is 0. The van der Waals surface area contributed by atoms with E-state index in [4.69, 9.17) is 5.26 Å². The first-order valence-corrected chi connectivity index (χ1v) is 5.92. The van der Waals surface area contributed by atoms with Crippen molar-refractivity contribution in [1.29, 1.82) is 5.26 Å². The van der Waals surface area contributed by atoms with Crippen molar-refractivity contribution in [2.75, 3.05) is 0 Å². The maximum atomic E-state index is 13.7. The molecule has 1 unspecified atom stereocenters. The van der Waals surface area contributed by atoms with Crippen LogP contribution in [0.4, 0.5) is 4.39 Å². The third kappa shape index (κ3) is 4.02. The predicted molar refractivity (Wildman–Crippen MR) is 63.8 cm³/mol. The summed E-state index contributed by atoms with van der Waals surface area (Å²) in [6.07, 6.45) is 4.10. The Kier molecular flexibility index (Phi) is 5.56. The fourth-order valence-electron chi connectivity index (χ4n) is 1.68. The van der Waals surface area contributed by atoms with Gasteiger partial charge in [0.2, 0.25) is 0 Å². The quantitative estimate of drug-likeness (QED) is 0.644. The fourth-order valence-corrected chi connectivity index (χ4v) is 1.68. The van der Waals surface area contributed by atoms with Gasteiger partial charge in [-0.05, 0) is 24.1 Å². The zero-order chi connectivity index (χ0) is 11.8. The third-order valence-corrected chi connectivity index (χ3v) is 2.71. The first-order valence-electron chi connectivity index (χ1n) is 5.92. The number of halogens is 1. The summed E-state index contributed by atoms with van der Waals surface area (Å²) >= 11 is 0. The highest BCUT2D eigenvalue weighted by Crippen LogP contribution is 2.24. The van der Waals surface area contributed by atoms with E-state index in [9.17, 15) is 4.39 Å². The average molecular weight is 219 g/mol. The number of unbranched alkanes of at least 4 members (excludes halogenated alkanes) is 3. The van der Waals surface area contributed by atoms with E-state index in [-0.39, 0.29) is 0 Å². The Bertz CT molecular complexity index is 337. The van der Waals surface area contributed by atoms with Gasteiger partial charge >= 0.3 is 0 Å². The normalized spacial score (nSPS) is 12.1. The Hall–Kier alpha value is -1.36. The van der Waals surface area contributed by atoms with Gasteiger partial charge in [0.05, 0.1) is 11.6 Å². The maximum Gasteiger partial charge on any atom is 0.125 e. The highest BCUT2D eigenvalue weighted by atomic mass is 19.1. The minimum atomic E-state index is -0.885. The predicted octanol–water partition coefficient (Wildman–Crippen LogP) is 4.54. The molecule has 0 aliphatic heterocycles. The lowest BCUT2D eigenvalue weighted by molar-refractivity contribution is 0.313. The molecule has 0 amide bonds. The fraction of sp³-hybridized carbons (Fsp3) is 0.500. The van der Waals surface area contributed by atoms with Gasteiger partial charge in [0.25, 0.3) is 0 Å². The van der Waals surface area contributed by atoms with Gasteiger partial charge in [-0.15, -0.1) is 0 Å². The number of hydrogen-bond acceptors (Lipinski definition) is 1. The van der Waals surface area contributed by atoms with Crippen LogP contribution < -0.4 is 0 Å². The summed E-state index contributed by atoms with van der Waals surface area (Å²) < 4.78 is 13.7. The van der Waals surface area contributed by atoms with Crippen LogP contribution in [-0.2, 0) is 0 Å². The van der Waals surface area contributed by atoms with Gasteiger partial charge in [-0.2, -0.15) is 5.26 Å². The molecule has 0 bridgehead atoms. The van der Waals surface area contributed by atoms with Crippen molar-refractivity contribution in [3.63, 3.8) is 0 Å². The molecular weight excluding hydrogens is 201 g/mol. The van der Waals surface area contributed by atoms with E-state index in [0.717, 1.165) is 12.8 Å². The van der Waals surface area contributed by atoms with Crippen molar-refractivity contribution in [3.8, 4) is 6.07 Å². The van der Waals surface area contributed by atoms with Crippen molar-refractivity contribution in [1.82, 2.24) is 0 Å². The van der Waals surface area contributed by atoms with Gasteiger partial charge in [-0.1, -0.05) is 44.7 Å². The van der Waals surface area contributed by atoms with Crippen LogP contribution in [0.25, 0.3) is 0 Å². The first kappa shape index (κ1) is 12.7. The van der Waals surface area contributed by atoms with Crippen LogP contribution >= 0.6 is 0 Å². The lowest BCUT2D eigenvalue weighted by Gasteiger charge is -2.08. The van der Waals surface area contributed by atoms with Gasteiger partial charge < -0.3 is 0 Å². The molecule has 0 radical (unpaired) electrons. The van der Waals surface area contributed by atoms with Crippen LogP contribution in [0.15, 0.2) is 24.3 Å². The van der Waals surface area contributed by atoms with Crippen LogP contribution in [0.2, 0.25) is 0 Å². The van der Waals surface area contributed by atoms with Gasteiger partial charge in [0.15, 0.2) is 0 Å². The van der Waals surface area contributed by atoms with E-state index in [1.807, 2.05) is 6.07 Å². The van der Waals surface area contributed by atoms with Crippen LogP contribution in [0.5, 0.6) is 0 Å². The molecule has 1 atom stereocenters. The van der Waals surface area contributed by atoms with Crippen LogP contribution in [0.3, 0.4) is 0 Å². The lowest BCUT2D eigenvalue weighted by Crippen LogP contribution is -1.92. The monoisotopic (exact) mass is 219 g/mol. The molecule has 0 saturated heterocycles. The largest absolute Gasteiger partial charge is 0.242 e. The highest BCUT2D eigenvalue weighted by Gasteiger charge is 2.08. The maximum absolute atomic E-state index is 13.7. The second-order valence-corrected chi connectivity index (χ2v) is 4.05. The minimum Gasteiger partial charge on any atom is -0.242 e. The Balaban J connectivity index is 2.40. The summed E-state index contributed by atoms with van der Waals surface area (Å²) in [5.41, 5.74) is 1.28. The standard InChI is InChI=1S/C14H18FN/c1-2-3-4-5-6-14(15)13-9-7-12(11-16)8-10-13/h7-10,14H,2-6H2,1H3. The number of nitriles is 1. The molecule has 1 aromatic rings. The van der Waals surface area contributed by atoms with Gasteiger partial charge in [-0.25, -0.2) is 4.39 Å². The van der Waals surface area contributed by atoms with Gasteiger partial charge in [-0.3, -0.25) is 0 Å². The molecule has 0 fully saturated rings. The van der Waals surface area contributed by atoms with Crippen molar-refractivity contribution in [2.45, 2.75) is 45.2 Å². The SMILES string of the molecule is CCCCCCC(F)c1ccc(C#N)cc1. The highest BCUT2D eigenvalue weighted by molar-refractivity contribution is 5.32. The zero-order valence-electron chi connectivity index (χ0n) is 9.75. The van der Waals surface area contributed by atoms with E-state index in [0.29, 0.717) is 17.5 Å². The van der Waals surface area contributed by atoms with Crippen molar-refractivity contribution < 1.29 is 4.39 Å². The molecule has 0 saturated carbocycles. The molecule has 0 aliphatic carbocycles. The number of benzene rings is 1. The molecule has 0 aliphatic rings. The summed E-state index contributed by atoms with van der Waals surface area (Å²) in [4.78, 5) is 0. The molecule has 1 aromatic carbocycles. The minimum absolute atomic E-state index is 0.585. The summed E-state index contributed by atoms with van der Waals surface area (Å²) in [6, 6.07) is 8.80. The van der Waals surface area contributed by atoms with E-state index >= 15 is 0 Å². The summed E-state index contributed by atoms with van der Waals surface area (Å²) in [6.45, 7) is 2.15. The molecule has 16 heavy (non-hydrogen) atoms. The van der Waals surface area contributed by atoms with Gasteiger partial charge in [0, 0.05) is 0 Å². The Labute approximate surface area is 96.9 Å². The molecule has 0 heterocycles. The number of nitrogens with zero attached hydrogens (tertiary/aromatic N) is 1. The molecular formula is C14H18FN. The molecule has 0 aromatic heterocycles. The summed E-state index contributed by atoms with van der Waals surface area (Å²) in [5, 5.41) is 8.62. The molecule has 86 valence electrons. The van der Waals surface area contributed by atoms with Crippen molar-refractivity contribution in [2.24, 2.45) is 0 Å². The molecule has 1 nitrogen and oxygen atoms in total. The Morgan fingerprint density at radius 2 is 1.88 bits per heavy atom. The smallest absolute Gasteiger partial charge is 0.125 e. The zero-order valence-corrected chi connectivity index (χ0v) is 9.75. The Morgan fingerprint density at radius 1 is 1.19 bits per heavy atom. The first-order chi connectivity index (χ1) is 7.77. The molecule has 1 rings (SSSR count). The van der Waals surface area contributed by atoms with E-state index in [1.165, 1.54) is 12.8 Å². The lowest BCUT2D eigenvalue weighted by atomic mass is 10.0. The van der Waals surface area contributed by atoms with E-state index < -0.39 is 6.17 Å². The van der Waals surface area contributed by atoms with Crippen molar-refractivity contribution >= 4 is 0 Å². The number of hydrogen-bond donors (Lipinski definition) is 0. The second-order valence-electron chi connectivity index (χ2n) is 4.05. The number of rotatable bonds is 6. The molecule has 0 N–H and O–H groups in total. The Morgan fingerprint density at radius 3 is 2.44 bits per heavy atom. The number of alkyl halides is 1. The summed E-state index contributed by atoms with van der Waals surface area (Å²) in [5.74, 6) is 0. The van der Waals surface area contributed by atoms with Crippen LogP contribution in [-0.4, -0.2) is 0 Å².